The minimum absolute atomic E-state index is 0.102. The van der Waals surface area contributed by atoms with Gasteiger partial charge in [-0.15, -0.1) is 5.10 Å². The zero-order valence-corrected chi connectivity index (χ0v) is 22.7. The third-order valence-corrected chi connectivity index (χ3v) is 7.16. The van der Waals surface area contributed by atoms with Gasteiger partial charge in [-0.1, -0.05) is 55.5 Å². The number of anilines is 1. The lowest BCUT2D eigenvalue weighted by atomic mass is 9.97. The van der Waals surface area contributed by atoms with Crippen LogP contribution < -0.4 is 19.7 Å². The molecule has 2 heterocycles. The monoisotopic (exact) mass is 527 g/mol. The zero-order valence-electron chi connectivity index (χ0n) is 22.7. The summed E-state index contributed by atoms with van der Waals surface area (Å²) >= 11 is 0. The highest BCUT2D eigenvalue weighted by Gasteiger charge is 2.36. The van der Waals surface area contributed by atoms with E-state index < -0.39 is 11.6 Å². The summed E-state index contributed by atoms with van der Waals surface area (Å²) in [4.78, 5) is 29.8. The lowest BCUT2D eigenvalue weighted by Gasteiger charge is -2.34. The molecule has 9 nitrogen and oxygen atoms in total. The predicted molar refractivity (Wildman–Crippen MR) is 149 cm³/mol. The average molecular weight is 528 g/mol. The minimum atomic E-state index is -0.940. The highest BCUT2D eigenvalue weighted by Crippen LogP contribution is 2.38. The van der Waals surface area contributed by atoms with Crippen LogP contribution in [0, 0.1) is 0 Å². The summed E-state index contributed by atoms with van der Waals surface area (Å²) in [5, 5.41) is 11.6. The van der Waals surface area contributed by atoms with Crippen LogP contribution in [-0.2, 0) is 22.6 Å². The first kappa shape index (κ1) is 26.2. The van der Waals surface area contributed by atoms with Gasteiger partial charge in [-0.25, -0.2) is 4.68 Å². The summed E-state index contributed by atoms with van der Waals surface area (Å²) in [6.45, 7) is 8.02. The molecular weight excluding hydrogens is 494 g/mol. The van der Waals surface area contributed by atoms with E-state index in [4.69, 9.17) is 9.47 Å². The van der Waals surface area contributed by atoms with Crippen LogP contribution >= 0.6 is 0 Å². The summed E-state index contributed by atoms with van der Waals surface area (Å²) in [6, 6.07) is 19.6. The van der Waals surface area contributed by atoms with Gasteiger partial charge in [-0.05, 0) is 62.1 Å². The molecule has 4 aromatic rings. The standard InChI is InChI=1S/C30H33N5O4/c1-5-20-11-13-21(14-12-20)28(29(37)31-30(3,4)6-2)35(22-15-16-25-26(17-22)39-19-38-25)27(36)18-34-24-10-8-7-9-23(24)32-33-34/h7-17,28H,5-6,18-19H2,1-4H3,(H,31,37)/t28-/m1/s1. The molecule has 0 saturated carbocycles. The van der Waals surface area contributed by atoms with Crippen LogP contribution in [0.4, 0.5) is 5.69 Å². The first-order valence-corrected chi connectivity index (χ1v) is 13.2. The molecule has 1 aliphatic heterocycles. The lowest BCUT2D eigenvalue weighted by Crippen LogP contribution is -2.51. The number of hydrogen-bond donors (Lipinski definition) is 1. The van der Waals surface area contributed by atoms with Crippen LogP contribution in [0.3, 0.4) is 0 Å². The number of aromatic nitrogens is 3. The third kappa shape index (κ3) is 5.43. The number of carbonyl (C=O) groups excluding carboxylic acids is 2. The van der Waals surface area contributed by atoms with Crippen molar-refractivity contribution in [3.63, 3.8) is 0 Å². The van der Waals surface area contributed by atoms with Gasteiger partial charge in [0, 0.05) is 17.3 Å². The van der Waals surface area contributed by atoms with Crippen molar-refractivity contribution in [3.8, 4) is 11.5 Å². The van der Waals surface area contributed by atoms with Gasteiger partial charge in [0.15, 0.2) is 11.5 Å². The van der Waals surface area contributed by atoms with Crippen molar-refractivity contribution in [2.45, 2.75) is 58.7 Å². The Morgan fingerprint density at radius 2 is 1.77 bits per heavy atom. The third-order valence-electron chi connectivity index (χ3n) is 7.16. The van der Waals surface area contributed by atoms with Crippen molar-refractivity contribution in [2.24, 2.45) is 0 Å². The molecule has 0 fully saturated rings. The Morgan fingerprint density at radius 3 is 2.51 bits per heavy atom. The van der Waals surface area contributed by atoms with Crippen LogP contribution in [-0.4, -0.2) is 39.1 Å². The van der Waals surface area contributed by atoms with Crippen LogP contribution in [0.2, 0.25) is 0 Å². The minimum Gasteiger partial charge on any atom is -0.454 e. The van der Waals surface area contributed by atoms with Crippen molar-refractivity contribution in [1.82, 2.24) is 20.3 Å². The van der Waals surface area contributed by atoms with Crippen molar-refractivity contribution in [1.29, 1.82) is 0 Å². The SMILES string of the molecule is CCc1ccc([C@H](C(=O)NC(C)(C)CC)N(C(=O)Cn2nnc3ccccc32)c2ccc3c(c2)OCO3)cc1. The zero-order chi connectivity index (χ0) is 27.6. The fourth-order valence-corrected chi connectivity index (χ4v) is 4.55. The molecule has 1 N–H and O–H groups in total. The molecule has 1 aromatic heterocycles. The van der Waals surface area contributed by atoms with Crippen LogP contribution in [0.1, 0.15) is 51.3 Å². The molecular formula is C30H33N5O4. The Hall–Kier alpha value is -4.40. The molecule has 0 bridgehead atoms. The van der Waals surface area contributed by atoms with E-state index in [0.717, 1.165) is 23.9 Å². The maximum absolute atomic E-state index is 14.2. The fourth-order valence-electron chi connectivity index (χ4n) is 4.55. The van der Waals surface area contributed by atoms with Crippen LogP contribution in [0.15, 0.2) is 66.7 Å². The summed E-state index contributed by atoms with van der Waals surface area (Å²) in [7, 11) is 0. The molecule has 5 rings (SSSR count). The molecule has 39 heavy (non-hydrogen) atoms. The molecule has 0 unspecified atom stereocenters. The molecule has 0 spiro atoms. The maximum atomic E-state index is 14.2. The van der Waals surface area contributed by atoms with Gasteiger partial charge in [-0.2, -0.15) is 0 Å². The van der Waals surface area contributed by atoms with E-state index in [0.29, 0.717) is 28.3 Å². The number of amides is 2. The first-order valence-electron chi connectivity index (χ1n) is 13.2. The number of hydrogen-bond acceptors (Lipinski definition) is 6. The molecule has 3 aromatic carbocycles. The Morgan fingerprint density at radius 1 is 1.03 bits per heavy atom. The quantitative estimate of drug-likeness (QED) is 0.336. The number of benzene rings is 3. The van der Waals surface area contributed by atoms with E-state index in [9.17, 15) is 9.59 Å². The number of ether oxygens (including phenoxy) is 2. The Labute approximate surface area is 227 Å². The van der Waals surface area contributed by atoms with Crippen LogP contribution in [0.25, 0.3) is 11.0 Å². The lowest BCUT2D eigenvalue weighted by molar-refractivity contribution is -0.128. The van der Waals surface area contributed by atoms with E-state index >= 15 is 0 Å². The molecule has 2 amide bonds. The van der Waals surface area contributed by atoms with Gasteiger partial charge < -0.3 is 14.8 Å². The molecule has 1 aliphatic rings. The molecule has 0 radical (unpaired) electrons. The molecule has 0 aliphatic carbocycles. The van der Waals surface area contributed by atoms with E-state index in [1.807, 2.05) is 69.3 Å². The number of para-hydroxylation sites is 1. The average Bonchev–Trinajstić information content (AvgIpc) is 3.58. The number of rotatable bonds is 9. The fraction of sp³-hybridized carbons (Fsp3) is 0.333. The van der Waals surface area contributed by atoms with E-state index in [1.165, 1.54) is 4.90 Å². The topological polar surface area (TPSA) is 98.6 Å². The van der Waals surface area contributed by atoms with Gasteiger partial charge in [0.1, 0.15) is 18.1 Å². The smallest absolute Gasteiger partial charge is 0.249 e. The second-order valence-electron chi connectivity index (χ2n) is 10.3. The van der Waals surface area contributed by atoms with E-state index in [-0.39, 0.29) is 25.2 Å². The Balaban J connectivity index is 1.62. The Bertz CT molecular complexity index is 1500. The van der Waals surface area contributed by atoms with Crippen molar-refractivity contribution in [3.05, 3.63) is 77.9 Å². The van der Waals surface area contributed by atoms with Gasteiger partial charge in [0.05, 0.1) is 5.52 Å². The van der Waals surface area contributed by atoms with E-state index in [1.54, 1.807) is 22.9 Å². The molecule has 0 saturated heterocycles. The summed E-state index contributed by atoms with van der Waals surface area (Å²) in [5.41, 5.74) is 3.31. The highest BCUT2D eigenvalue weighted by atomic mass is 16.7. The van der Waals surface area contributed by atoms with Crippen molar-refractivity contribution in [2.75, 3.05) is 11.7 Å². The first-order chi connectivity index (χ1) is 18.8. The second-order valence-corrected chi connectivity index (χ2v) is 10.3. The van der Waals surface area contributed by atoms with Crippen molar-refractivity contribution < 1.29 is 19.1 Å². The molecule has 1 atom stereocenters. The van der Waals surface area contributed by atoms with Gasteiger partial charge in [0.25, 0.3) is 0 Å². The van der Waals surface area contributed by atoms with Gasteiger partial charge in [0.2, 0.25) is 18.6 Å². The molecule has 202 valence electrons. The normalized spacial score (nSPS) is 13.3. The second kappa shape index (κ2) is 10.8. The highest BCUT2D eigenvalue weighted by molar-refractivity contribution is 6.02. The van der Waals surface area contributed by atoms with Gasteiger partial charge in [-0.3, -0.25) is 14.5 Å². The van der Waals surface area contributed by atoms with Crippen molar-refractivity contribution >= 4 is 28.5 Å². The van der Waals surface area contributed by atoms with Crippen LogP contribution in [0.5, 0.6) is 11.5 Å². The van der Waals surface area contributed by atoms with E-state index in [2.05, 4.69) is 22.6 Å². The summed E-state index contributed by atoms with van der Waals surface area (Å²) < 4.78 is 12.7. The number of fused-ring (bicyclic) bond motifs is 2. The maximum Gasteiger partial charge on any atom is 0.249 e. The summed E-state index contributed by atoms with van der Waals surface area (Å²) in [5.74, 6) is 0.513. The largest absolute Gasteiger partial charge is 0.454 e. The number of nitrogens with one attached hydrogen (secondary N) is 1. The molecule has 9 heteroatoms. The number of carbonyl (C=O) groups is 2. The van der Waals surface area contributed by atoms with Gasteiger partial charge >= 0.3 is 0 Å². The summed E-state index contributed by atoms with van der Waals surface area (Å²) in [6.07, 6.45) is 1.59. The predicted octanol–water partition coefficient (Wildman–Crippen LogP) is 4.80. The number of nitrogens with zero attached hydrogens (tertiary/aromatic N) is 4. The number of aryl methyl sites for hydroxylation is 1. The Kier molecular flexibility index (Phi) is 7.24.